The molecular formula is C11H18N2O. The van der Waals surface area contributed by atoms with Gasteiger partial charge < -0.3 is 9.84 Å². The summed E-state index contributed by atoms with van der Waals surface area (Å²) >= 11 is 0. The number of hydrogen-bond acceptors (Lipinski definition) is 3. The van der Waals surface area contributed by atoms with E-state index in [1.54, 1.807) is 0 Å². The first kappa shape index (κ1) is 9.71. The summed E-state index contributed by atoms with van der Waals surface area (Å²) in [6, 6.07) is 2.71. The van der Waals surface area contributed by atoms with Crippen molar-refractivity contribution in [2.45, 2.75) is 39.2 Å². The van der Waals surface area contributed by atoms with Crippen molar-refractivity contribution in [2.24, 2.45) is 5.92 Å². The Hall–Kier alpha value is -0.830. The maximum absolute atomic E-state index is 5.06. The Morgan fingerprint density at radius 3 is 3.14 bits per heavy atom. The maximum Gasteiger partial charge on any atom is 0.133 e. The minimum Gasteiger partial charge on any atom is -0.361 e. The molecule has 0 radical (unpaired) electrons. The van der Waals surface area contributed by atoms with Gasteiger partial charge in [-0.2, -0.15) is 0 Å². The number of hydrogen-bond donors (Lipinski definition) is 1. The minimum absolute atomic E-state index is 0.655. The molecule has 14 heavy (non-hydrogen) atoms. The highest BCUT2D eigenvalue weighted by Gasteiger charge is 2.21. The molecule has 1 aliphatic heterocycles. The molecular weight excluding hydrogens is 176 g/mol. The van der Waals surface area contributed by atoms with Gasteiger partial charge in [0.2, 0.25) is 0 Å². The molecule has 3 heteroatoms. The zero-order valence-corrected chi connectivity index (χ0v) is 8.92. The van der Waals surface area contributed by atoms with E-state index in [0.717, 1.165) is 17.9 Å². The molecule has 2 heterocycles. The maximum atomic E-state index is 5.06. The number of rotatable bonds is 3. The molecule has 2 atom stereocenters. The van der Waals surface area contributed by atoms with Gasteiger partial charge in [0.1, 0.15) is 5.76 Å². The number of nitrogens with one attached hydrogen (secondary N) is 1. The Kier molecular flexibility index (Phi) is 2.87. The van der Waals surface area contributed by atoms with Crippen molar-refractivity contribution in [1.82, 2.24) is 10.5 Å². The Morgan fingerprint density at radius 2 is 2.57 bits per heavy atom. The number of aryl methyl sites for hydroxylation is 1. The van der Waals surface area contributed by atoms with E-state index < -0.39 is 0 Å². The van der Waals surface area contributed by atoms with Crippen LogP contribution in [0.3, 0.4) is 0 Å². The van der Waals surface area contributed by atoms with Crippen molar-refractivity contribution in [3.8, 4) is 0 Å². The summed E-state index contributed by atoms with van der Waals surface area (Å²) in [4.78, 5) is 0. The molecule has 0 spiro atoms. The van der Waals surface area contributed by atoms with Gasteiger partial charge in [0.05, 0.1) is 5.69 Å². The Morgan fingerprint density at radius 1 is 1.71 bits per heavy atom. The second-order valence-electron chi connectivity index (χ2n) is 4.31. The van der Waals surface area contributed by atoms with E-state index in [1.807, 2.05) is 13.0 Å². The van der Waals surface area contributed by atoms with Gasteiger partial charge in [0.15, 0.2) is 0 Å². The van der Waals surface area contributed by atoms with Gasteiger partial charge in [0, 0.05) is 12.1 Å². The molecule has 0 saturated carbocycles. The second-order valence-corrected chi connectivity index (χ2v) is 4.31. The van der Waals surface area contributed by atoms with Crippen LogP contribution in [0.4, 0.5) is 0 Å². The molecule has 1 aromatic rings. The van der Waals surface area contributed by atoms with Crippen LogP contribution in [0.25, 0.3) is 0 Å². The molecule has 0 amide bonds. The van der Waals surface area contributed by atoms with Crippen LogP contribution >= 0.6 is 0 Å². The van der Waals surface area contributed by atoms with Crippen LogP contribution in [0.1, 0.15) is 31.2 Å². The second kappa shape index (κ2) is 4.13. The van der Waals surface area contributed by atoms with E-state index in [2.05, 4.69) is 17.4 Å². The van der Waals surface area contributed by atoms with Crippen LogP contribution < -0.4 is 5.32 Å². The van der Waals surface area contributed by atoms with Gasteiger partial charge in [-0.1, -0.05) is 12.1 Å². The van der Waals surface area contributed by atoms with Gasteiger partial charge in [-0.25, -0.2) is 0 Å². The van der Waals surface area contributed by atoms with Crippen LogP contribution in [0, 0.1) is 12.8 Å². The van der Waals surface area contributed by atoms with E-state index in [4.69, 9.17) is 4.52 Å². The van der Waals surface area contributed by atoms with Gasteiger partial charge in [-0.15, -0.1) is 0 Å². The highest BCUT2D eigenvalue weighted by Crippen LogP contribution is 2.18. The molecule has 2 unspecified atom stereocenters. The van der Waals surface area contributed by atoms with Crippen LogP contribution in [0.5, 0.6) is 0 Å². The molecule has 1 fully saturated rings. The summed E-state index contributed by atoms with van der Waals surface area (Å²) in [5.74, 6) is 1.56. The third kappa shape index (κ3) is 2.15. The van der Waals surface area contributed by atoms with Crippen molar-refractivity contribution in [3.05, 3.63) is 17.5 Å². The molecule has 3 nitrogen and oxygen atoms in total. The predicted octanol–water partition coefficient (Wildman–Crippen LogP) is 1.91. The Balaban J connectivity index is 1.90. The number of nitrogens with zero attached hydrogens (tertiary/aromatic N) is 1. The SMILES string of the molecule is Cc1cc(CC(C)C2CCCN2)no1. The van der Waals surface area contributed by atoms with Gasteiger partial charge in [-0.05, 0) is 38.6 Å². The average Bonchev–Trinajstić information content (AvgIpc) is 2.75. The van der Waals surface area contributed by atoms with Gasteiger partial charge in [0.25, 0.3) is 0 Å². The molecule has 2 rings (SSSR count). The molecule has 0 bridgehead atoms. The third-order valence-corrected chi connectivity index (χ3v) is 2.99. The van der Waals surface area contributed by atoms with Crippen molar-refractivity contribution in [1.29, 1.82) is 0 Å². The first-order valence-corrected chi connectivity index (χ1v) is 5.41. The average molecular weight is 194 g/mol. The molecule has 0 aliphatic carbocycles. The molecule has 78 valence electrons. The zero-order valence-electron chi connectivity index (χ0n) is 8.92. The van der Waals surface area contributed by atoms with Crippen molar-refractivity contribution in [3.63, 3.8) is 0 Å². The molecule has 1 aliphatic rings. The summed E-state index contributed by atoms with van der Waals surface area (Å²) in [6.45, 7) is 5.40. The predicted molar refractivity (Wildman–Crippen MR) is 55.1 cm³/mol. The van der Waals surface area contributed by atoms with Crippen LogP contribution in [0.15, 0.2) is 10.6 Å². The largest absolute Gasteiger partial charge is 0.361 e. The van der Waals surface area contributed by atoms with Crippen LogP contribution in [-0.4, -0.2) is 17.7 Å². The van der Waals surface area contributed by atoms with E-state index in [-0.39, 0.29) is 0 Å². The van der Waals surface area contributed by atoms with Gasteiger partial charge in [-0.3, -0.25) is 0 Å². The monoisotopic (exact) mass is 194 g/mol. The van der Waals surface area contributed by atoms with E-state index in [0.29, 0.717) is 12.0 Å². The van der Waals surface area contributed by atoms with Gasteiger partial charge >= 0.3 is 0 Å². The highest BCUT2D eigenvalue weighted by molar-refractivity contribution is 5.05. The van der Waals surface area contributed by atoms with E-state index in [9.17, 15) is 0 Å². The fraction of sp³-hybridized carbons (Fsp3) is 0.727. The lowest BCUT2D eigenvalue weighted by Gasteiger charge is -2.17. The van der Waals surface area contributed by atoms with Crippen LogP contribution in [-0.2, 0) is 6.42 Å². The summed E-state index contributed by atoms with van der Waals surface area (Å²) in [5, 5.41) is 7.55. The quantitative estimate of drug-likeness (QED) is 0.798. The topological polar surface area (TPSA) is 38.1 Å². The first-order valence-electron chi connectivity index (χ1n) is 5.41. The smallest absolute Gasteiger partial charge is 0.133 e. The lowest BCUT2D eigenvalue weighted by molar-refractivity contribution is 0.371. The molecule has 0 aromatic carbocycles. The van der Waals surface area contributed by atoms with Crippen LogP contribution in [0.2, 0.25) is 0 Å². The third-order valence-electron chi connectivity index (χ3n) is 2.99. The molecule has 1 N–H and O–H groups in total. The van der Waals surface area contributed by atoms with Crippen molar-refractivity contribution < 1.29 is 4.52 Å². The molecule has 1 aromatic heterocycles. The summed E-state index contributed by atoms with van der Waals surface area (Å²) in [7, 11) is 0. The summed E-state index contributed by atoms with van der Waals surface area (Å²) in [6.07, 6.45) is 3.64. The highest BCUT2D eigenvalue weighted by atomic mass is 16.5. The standard InChI is InChI=1S/C11H18N2O/c1-8(11-4-3-5-12-11)6-10-7-9(2)14-13-10/h7-8,11-12H,3-6H2,1-2H3. The first-order chi connectivity index (χ1) is 6.75. The number of aromatic nitrogens is 1. The normalized spacial score (nSPS) is 24.0. The lowest BCUT2D eigenvalue weighted by Crippen LogP contribution is -2.29. The summed E-state index contributed by atoms with van der Waals surface area (Å²) in [5.41, 5.74) is 1.09. The van der Waals surface area contributed by atoms with E-state index in [1.165, 1.54) is 19.4 Å². The fourth-order valence-corrected chi connectivity index (χ4v) is 2.18. The zero-order chi connectivity index (χ0) is 9.97. The summed E-state index contributed by atoms with van der Waals surface area (Å²) < 4.78 is 5.06. The van der Waals surface area contributed by atoms with Crippen molar-refractivity contribution >= 4 is 0 Å². The van der Waals surface area contributed by atoms with Crippen molar-refractivity contribution in [2.75, 3.05) is 6.54 Å². The Labute approximate surface area is 84.9 Å². The minimum atomic E-state index is 0.655. The lowest BCUT2D eigenvalue weighted by atomic mass is 9.95. The fourth-order valence-electron chi connectivity index (χ4n) is 2.18. The molecule has 1 saturated heterocycles. The van der Waals surface area contributed by atoms with E-state index >= 15 is 0 Å². The Bertz CT molecular complexity index is 289.